The van der Waals surface area contributed by atoms with E-state index >= 15 is 0 Å². The Morgan fingerprint density at radius 3 is 2.86 bits per heavy atom. The van der Waals surface area contributed by atoms with Crippen molar-refractivity contribution in [3.05, 3.63) is 33.6 Å². The molecule has 2 aromatic heterocycles. The van der Waals surface area contributed by atoms with E-state index in [2.05, 4.69) is 25.3 Å². The van der Waals surface area contributed by atoms with Crippen LogP contribution in [0.4, 0.5) is 17.6 Å². The van der Waals surface area contributed by atoms with Crippen LogP contribution in [0.3, 0.4) is 0 Å². The zero-order valence-electron chi connectivity index (χ0n) is 10.3. The Bertz CT molecular complexity index is 956. The molecule has 4 N–H and O–H groups in total. The molecule has 4 rings (SSSR count). The number of fused-ring (bicyclic) bond motifs is 3. The molecule has 0 atom stereocenters. The molecule has 21 heavy (non-hydrogen) atoms. The molecule has 3 heterocycles. The molecule has 104 valence electrons. The Morgan fingerprint density at radius 1 is 1.14 bits per heavy atom. The van der Waals surface area contributed by atoms with Crippen molar-refractivity contribution >= 4 is 52.0 Å². The lowest BCUT2D eigenvalue weighted by Crippen LogP contribution is -2.18. The fraction of sp³-hybridized carbons (Fsp3) is 0. The second kappa shape index (κ2) is 4.34. The highest BCUT2D eigenvalue weighted by atomic mass is 35.5. The van der Waals surface area contributed by atoms with E-state index in [9.17, 15) is 4.79 Å². The maximum atomic E-state index is 11.9. The molecule has 1 aliphatic heterocycles. The molecule has 9 heteroatoms. The zero-order valence-corrected chi connectivity index (χ0v) is 11.9. The Morgan fingerprint density at radius 2 is 2.00 bits per heavy atom. The molecule has 0 spiro atoms. The number of nitrogens with zero attached hydrogens (tertiary/aromatic N) is 3. The van der Waals surface area contributed by atoms with Gasteiger partial charge >= 0.3 is 0 Å². The maximum absolute atomic E-state index is 11.9. The van der Waals surface area contributed by atoms with Crippen LogP contribution < -0.4 is 16.6 Å². The normalized spacial score (nSPS) is 12.6. The van der Waals surface area contributed by atoms with E-state index in [4.69, 9.17) is 17.3 Å². The molecule has 0 amide bonds. The molecular weight excluding hydrogens is 312 g/mol. The minimum Gasteiger partial charge on any atom is -0.369 e. The van der Waals surface area contributed by atoms with E-state index in [-0.39, 0.29) is 11.5 Å². The van der Waals surface area contributed by atoms with Crippen LogP contribution in [0.15, 0.2) is 32.9 Å². The summed E-state index contributed by atoms with van der Waals surface area (Å²) in [7, 11) is 0. The smallest absolute Gasteiger partial charge is 0.268 e. The molecule has 0 bridgehead atoms. The summed E-state index contributed by atoms with van der Waals surface area (Å²) in [6.45, 7) is 0. The number of aromatic amines is 1. The Hall–Kier alpha value is -2.32. The van der Waals surface area contributed by atoms with E-state index in [1.54, 1.807) is 18.2 Å². The number of nitrogens with one attached hydrogen (secondary N) is 2. The number of H-pyrrole nitrogens is 1. The van der Waals surface area contributed by atoms with E-state index in [1.165, 1.54) is 11.8 Å². The lowest BCUT2D eigenvalue weighted by atomic mass is 10.3. The lowest BCUT2D eigenvalue weighted by Gasteiger charge is -2.17. The number of nitrogen functional groups attached to an aromatic ring is 1. The molecule has 0 aliphatic carbocycles. The molecule has 0 saturated carbocycles. The van der Waals surface area contributed by atoms with Crippen molar-refractivity contribution in [1.29, 1.82) is 0 Å². The number of hydrogen-bond donors (Lipinski definition) is 3. The number of halogens is 1. The predicted octanol–water partition coefficient (Wildman–Crippen LogP) is 2.16. The summed E-state index contributed by atoms with van der Waals surface area (Å²) < 4.78 is 0. The Labute approximate surface area is 127 Å². The second-order valence-corrected chi connectivity index (χ2v) is 5.80. The third kappa shape index (κ3) is 1.99. The fourth-order valence-corrected chi connectivity index (χ4v) is 3.07. The Kier molecular flexibility index (Phi) is 2.57. The molecule has 0 saturated heterocycles. The summed E-state index contributed by atoms with van der Waals surface area (Å²) in [5, 5.41) is 4.17. The summed E-state index contributed by atoms with van der Waals surface area (Å²) in [6, 6.07) is 5.26. The number of nitrogens with two attached hydrogens (primary N) is 1. The molecule has 1 aliphatic rings. The maximum Gasteiger partial charge on any atom is 0.268 e. The van der Waals surface area contributed by atoms with Crippen LogP contribution in [-0.2, 0) is 0 Å². The largest absolute Gasteiger partial charge is 0.369 e. The van der Waals surface area contributed by atoms with Crippen molar-refractivity contribution in [3.8, 4) is 0 Å². The van der Waals surface area contributed by atoms with Crippen molar-refractivity contribution in [1.82, 2.24) is 19.9 Å². The average Bonchev–Trinajstić information content (AvgIpc) is 2.43. The number of hydrogen-bond acceptors (Lipinski definition) is 7. The second-order valence-electron chi connectivity index (χ2n) is 4.37. The van der Waals surface area contributed by atoms with Gasteiger partial charge in [-0.2, -0.15) is 4.98 Å². The van der Waals surface area contributed by atoms with Crippen LogP contribution in [-0.4, -0.2) is 19.9 Å². The Balaban J connectivity index is 1.92. The number of rotatable bonds is 0. The molecule has 0 radical (unpaired) electrons. The molecule has 3 aromatic rings. The van der Waals surface area contributed by atoms with Gasteiger partial charge in [-0.1, -0.05) is 23.4 Å². The molecular formula is C12H7ClN6OS. The molecule has 7 nitrogen and oxygen atoms in total. The van der Waals surface area contributed by atoms with Gasteiger partial charge in [0.2, 0.25) is 5.95 Å². The average molecular weight is 319 g/mol. The van der Waals surface area contributed by atoms with Gasteiger partial charge in [0.25, 0.3) is 5.56 Å². The van der Waals surface area contributed by atoms with Gasteiger partial charge in [-0.25, -0.2) is 9.97 Å². The number of benzene rings is 1. The summed E-state index contributed by atoms with van der Waals surface area (Å²) in [4.78, 5) is 27.8. The first-order chi connectivity index (χ1) is 10.1. The molecule has 1 aromatic carbocycles. The summed E-state index contributed by atoms with van der Waals surface area (Å²) in [6.07, 6.45) is 0. The van der Waals surface area contributed by atoms with E-state index in [0.717, 1.165) is 0 Å². The summed E-state index contributed by atoms with van der Waals surface area (Å²) in [5.41, 5.74) is 6.60. The van der Waals surface area contributed by atoms with Gasteiger partial charge in [-0.05, 0) is 18.2 Å². The standard InChI is InChI=1S/C12H7ClN6OS/c13-4-1-2-5-6(3-4)15-9-11(16-5)21-7-8(17-9)18-12(14)19-10(7)20/h1-3H,(H4,14,15,17,18,19,20). The first kappa shape index (κ1) is 12.4. The van der Waals surface area contributed by atoms with Crippen molar-refractivity contribution in [2.75, 3.05) is 11.1 Å². The highest BCUT2D eigenvalue weighted by Gasteiger charge is 2.23. The minimum atomic E-state index is -0.307. The molecule has 0 unspecified atom stereocenters. The zero-order chi connectivity index (χ0) is 14.6. The van der Waals surface area contributed by atoms with E-state index < -0.39 is 0 Å². The van der Waals surface area contributed by atoms with Gasteiger partial charge in [0, 0.05) is 5.02 Å². The van der Waals surface area contributed by atoms with Crippen molar-refractivity contribution in [2.45, 2.75) is 9.92 Å². The van der Waals surface area contributed by atoms with Gasteiger partial charge in [-0.15, -0.1) is 0 Å². The van der Waals surface area contributed by atoms with Crippen LogP contribution in [0.25, 0.3) is 11.0 Å². The van der Waals surface area contributed by atoms with Gasteiger partial charge < -0.3 is 11.1 Å². The van der Waals surface area contributed by atoms with Crippen molar-refractivity contribution in [3.63, 3.8) is 0 Å². The van der Waals surface area contributed by atoms with E-state index in [1.807, 2.05) is 0 Å². The van der Waals surface area contributed by atoms with Gasteiger partial charge in [0.05, 0.1) is 11.0 Å². The third-order valence-corrected chi connectivity index (χ3v) is 4.22. The first-order valence-corrected chi connectivity index (χ1v) is 7.11. The van der Waals surface area contributed by atoms with Crippen LogP contribution in [0, 0.1) is 0 Å². The summed E-state index contributed by atoms with van der Waals surface area (Å²) >= 11 is 7.16. The third-order valence-electron chi connectivity index (χ3n) is 2.92. The highest BCUT2D eigenvalue weighted by molar-refractivity contribution is 7.99. The van der Waals surface area contributed by atoms with Gasteiger partial charge in [-0.3, -0.25) is 9.78 Å². The topological polar surface area (TPSA) is 110 Å². The van der Waals surface area contributed by atoms with Crippen LogP contribution >= 0.6 is 23.4 Å². The van der Waals surface area contributed by atoms with E-state index in [0.29, 0.717) is 37.6 Å². The predicted molar refractivity (Wildman–Crippen MR) is 81.2 cm³/mol. The lowest BCUT2D eigenvalue weighted by molar-refractivity contribution is 1.02. The van der Waals surface area contributed by atoms with Gasteiger partial charge in [0.15, 0.2) is 11.6 Å². The van der Waals surface area contributed by atoms with Crippen LogP contribution in [0.5, 0.6) is 0 Å². The quantitative estimate of drug-likeness (QED) is 0.455. The SMILES string of the molecule is Nc1nc2c(c(=O)[nH]1)Sc1nc3ccc(Cl)cc3nc1N2. The minimum absolute atomic E-state index is 0.0482. The number of aromatic nitrogens is 4. The van der Waals surface area contributed by atoms with Gasteiger partial charge in [0.1, 0.15) is 9.92 Å². The van der Waals surface area contributed by atoms with Crippen LogP contribution in [0.1, 0.15) is 0 Å². The number of anilines is 3. The first-order valence-electron chi connectivity index (χ1n) is 5.92. The highest BCUT2D eigenvalue weighted by Crippen LogP contribution is 2.40. The monoisotopic (exact) mass is 318 g/mol. The van der Waals surface area contributed by atoms with Crippen molar-refractivity contribution in [2.24, 2.45) is 0 Å². The fourth-order valence-electron chi connectivity index (χ4n) is 2.03. The van der Waals surface area contributed by atoms with Crippen molar-refractivity contribution < 1.29 is 0 Å². The molecule has 0 fully saturated rings. The van der Waals surface area contributed by atoms with Crippen LogP contribution in [0.2, 0.25) is 5.02 Å². The summed E-state index contributed by atoms with van der Waals surface area (Å²) in [5.74, 6) is 0.955.